The standard InChI is InChI=1S/C17H23N5O/c1-17(18)8-3-2-7-15(17)16(23)20-10-13-5-4-6-14(9-13)22-12-19-11-21-22/h4-6,9,11-12,15H,2-3,7-8,10,18H2,1H3,(H,20,23). The molecule has 0 aliphatic heterocycles. The molecule has 2 aromatic rings. The molecule has 1 aromatic carbocycles. The van der Waals surface area contributed by atoms with Crippen molar-refractivity contribution >= 4 is 5.91 Å². The van der Waals surface area contributed by atoms with E-state index < -0.39 is 5.54 Å². The van der Waals surface area contributed by atoms with Crippen LogP contribution in [0, 0.1) is 5.92 Å². The molecule has 1 aromatic heterocycles. The van der Waals surface area contributed by atoms with Crippen molar-refractivity contribution in [2.45, 2.75) is 44.7 Å². The predicted molar refractivity (Wildman–Crippen MR) is 87.8 cm³/mol. The summed E-state index contributed by atoms with van der Waals surface area (Å²) < 4.78 is 1.70. The third-order valence-corrected chi connectivity index (χ3v) is 4.63. The van der Waals surface area contributed by atoms with Gasteiger partial charge in [-0.15, -0.1) is 0 Å². The fourth-order valence-corrected chi connectivity index (χ4v) is 3.25. The van der Waals surface area contributed by atoms with Crippen LogP contribution < -0.4 is 11.1 Å². The molecule has 2 atom stereocenters. The van der Waals surface area contributed by atoms with Gasteiger partial charge in [0, 0.05) is 12.1 Å². The highest BCUT2D eigenvalue weighted by atomic mass is 16.1. The first-order valence-electron chi connectivity index (χ1n) is 8.07. The van der Waals surface area contributed by atoms with Gasteiger partial charge in [0.1, 0.15) is 12.7 Å². The maximum Gasteiger partial charge on any atom is 0.225 e. The Kier molecular flexibility index (Phi) is 4.43. The fourth-order valence-electron chi connectivity index (χ4n) is 3.25. The second-order valence-corrected chi connectivity index (χ2v) is 6.53. The Morgan fingerprint density at radius 3 is 3.09 bits per heavy atom. The van der Waals surface area contributed by atoms with Gasteiger partial charge in [0.25, 0.3) is 0 Å². The third kappa shape index (κ3) is 3.59. The van der Waals surface area contributed by atoms with Crippen molar-refractivity contribution in [3.05, 3.63) is 42.5 Å². The summed E-state index contributed by atoms with van der Waals surface area (Å²) >= 11 is 0. The Labute approximate surface area is 136 Å². The molecule has 3 N–H and O–H groups in total. The van der Waals surface area contributed by atoms with E-state index in [2.05, 4.69) is 15.4 Å². The van der Waals surface area contributed by atoms with Crippen LogP contribution in [0.4, 0.5) is 0 Å². The molecule has 0 spiro atoms. The molecule has 6 heteroatoms. The lowest BCUT2D eigenvalue weighted by Crippen LogP contribution is -2.52. The minimum Gasteiger partial charge on any atom is -0.352 e. The average molecular weight is 313 g/mol. The number of aromatic nitrogens is 3. The van der Waals surface area contributed by atoms with Crippen LogP contribution >= 0.6 is 0 Å². The maximum absolute atomic E-state index is 12.5. The lowest BCUT2D eigenvalue weighted by Gasteiger charge is -2.37. The van der Waals surface area contributed by atoms with Gasteiger partial charge in [-0.3, -0.25) is 4.79 Å². The summed E-state index contributed by atoms with van der Waals surface area (Å²) in [5, 5.41) is 7.15. The summed E-state index contributed by atoms with van der Waals surface area (Å²) in [5.41, 5.74) is 7.86. The first-order valence-corrected chi connectivity index (χ1v) is 8.07. The zero-order valence-electron chi connectivity index (χ0n) is 13.4. The molecule has 0 radical (unpaired) electrons. The molecule has 1 amide bonds. The van der Waals surface area contributed by atoms with Crippen molar-refractivity contribution < 1.29 is 4.79 Å². The van der Waals surface area contributed by atoms with E-state index in [1.165, 1.54) is 6.33 Å². The second kappa shape index (κ2) is 6.50. The van der Waals surface area contributed by atoms with Crippen LogP contribution in [0.5, 0.6) is 0 Å². The molecule has 23 heavy (non-hydrogen) atoms. The van der Waals surface area contributed by atoms with Crippen LogP contribution in [0.15, 0.2) is 36.9 Å². The topological polar surface area (TPSA) is 85.8 Å². The zero-order valence-corrected chi connectivity index (χ0v) is 13.4. The number of nitrogens with one attached hydrogen (secondary N) is 1. The predicted octanol–water partition coefficient (Wildman–Crippen LogP) is 1.79. The highest BCUT2D eigenvalue weighted by molar-refractivity contribution is 5.80. The number of nitrogens with two attached hydrogens (primary N) is 1. The average Bonchev–Trinajstić information content (AvgIpc) is 3.07. The first kappa shape index (κ1) is 15.7. The monoisotopic (exact) mass is 313 g/mol. The van der Waals surface area contributed by atoms with Crippen LogP contribution in [0.3, 0.4) is 0 Å². The molecule has 1 fully saturated rings. The Hall–Kier alpha value is -2.21. The Morgan fingerprint density at radius 1 is 1.48 bits per heavy atom. The molecule has 1 aliphatic rings. The minimum absolute atomic E-state index is 0.0564. The Morgan fingerprint density at radius 2 is 2.35 bits per heavy atom. The highest BCUT2D eigenvalue weighted by Crippen LogP contribution is 2.31. The normalized spacial score (nSPS) is 24.3. The van der Waals surface area contributed by atoms with Crippen LogP contribution in [-0.2, 0) is 11.3 Å². The van der Waals surface area contributed by atoms with Gasteiger partial charge in [-0.05, 0) is 37.5 Å². The van der Waals surface area contributed by atoms with Crippen molar-refractivity contribution in [1.82, 2.24) is 20.1 Å². The lowest BCUT2D eigenvalue weighted by molar-refractivity contribution is -0.128. The smallest absolute Gasteiger partial charge is 0.225 e. The van der Waals surface area contributed by atoms with Gasteiger partial charge in [0.05, 0.1) is 11.6 Å². The van der Waals surface area contributed by atoms with Crippen molar-refractivity contribution in [3.8, 4) is 5.69 Å². The molecule has 2 unspecified atom stereocenters. The van der Waals surface area contributed by atoms with Crippen molar-refractivity contribution in [3.63, 3.8) is 0 Å². The van der Waals surface area contributed by atoms with Gasteiger partial charge in [0.2, 0.25) is 5.91 Å². The van der Waals surface area contributed by atoms with Gasteiger partial charge >= 0.3 is 0 Å². The van der Waals surface area contributed by atoms with E-state index in [0.717, 1.165) is 36.9 Å². The molecule has 6 nitrogen and oxygen atoms in total. The first-order chi connectivity index (χ1) is 11.1. The summed E-state index contributed by atoms with van der Waals surface area (Å²) in [5.74, 6) is -0.0457. The molecule has 0 saturated heterocycles. The number of carbonyl (C=O) groups excluding carboxylic acids is 1. The number of hydrogen-bond donors (Lipinski definition) is 2. The number of carbonyl (C=O) groups is 1. The SMILES string of the molecule is CC1(N)CCCCC1C(=O)NCc1cccc(-n2cncn2)c1. The molecular formula is C17H23N5O. The third-order valence-electron chi connectivity index (χ3n) is 4.63. The van der Waals surface area contributed by atoms with E-state index >= 15 is 0 Å². The highest BCUT2D eigenvalue weighted by Gasteiger charge is 2.37. The molecular weight excluding hydrogens is 290 g/mol. The summed E-state index contributed by atoms with van der Waals surface area (Å²) in [7, 11) is 0. The summed E-state index contributed by atoms with van der Waals surface area (Å²) in [6.45, 7) is 2.48. The largest absolute Gasteiger partial charge is 0.352 e. The molecule has 1 saturated carbocycles. The van der Waals surface area contributed by atoms with E-state index in [4.69, 9.17) is 5.73 Å². The summed E-state index contributed by atoms with van der Waals surface area (Å²) in [6, 6.07) is 7.89. The quantitative estimate of drug-likeness (QED) is 0.901. The van der Waals surface area contributed by atoms with Crippen molar-refractivity contribution in [2.75, 3.05) is 0 Å². The van der Waals surface area contributed by atoms with E-state index in [1.807, 2.05) is 31.2 Å². The number of nitrogens with zero attached hydrogens (tertiary/aromatic N) is 3. The van der Waals surface area contributed by atoms with Crippen LogP contribution in [0.1, 0.15) is 38.2 Å². The van der Waals surface area contributed by atoms with E-state index in [-0.39, 0.29) is 11.8 Å². The number of hydrogen-bond acceptors (Lipinski definition) is 4. The molecule has 0 bridgehead atoms. The Bertz CT molecular complexity index is 665. The van der Waals surface area contributed by atoms with Crippen LogP contribution in [0.2, 0.25) is 0 Å². The van der Waals surface area contributed by atoms with E-state index in [9.17, 15) is 4.79 Å². The Balaban J connectivity index is 1.64. The lowest BCUT2D eigenvalue weighted by atomic mass is 9.74. The second-order valence-electron chi connectivity index (χ2n) is 6.53. The summed E-state index contributed by atoms with van der Waals surface area (Å²) in [6.07, 6.45) is 7.12. The molecule has 3 rings (SSSR count). The molecule has 1 heterocycles. The van der Waals surface area contributed by atoms with Gasteiger partial charge in [0.15, 0.2) is 0 Å². The number of rotatable bonds is 4. The zero-order chi connectivity index (χ0) is 16.3. The van der Waals surface area contributed by atoms with Crippen LogP contribution in [0.25, 0.3) is 5.69 Å². The van der Waals surface area contributed by atoms with Crippen LogP contribution in [-0.4, -0.2) is 26.2 Å². The van der Waals surface area contributed by atoms with E-state index in [0.29, 0.717) is 6.54 Å². The van der Waals surface area contributed by atoms with E-state index in [1.54, 1.807) is 11.0 Å². The number of benzene rings is 1. The maximum atomic E-state index is 12.5. The van der Waals surface area contributed by atoms with Gasteiger partial charge in [-0.25, -0.2) is 9.67 Å². The molecule has 122 valence electrons. The summed E-state index contributed by atoms with van der Waals surface area (Å²) in [4.78, 5) is 16.4. The minimum atomic E-state index is -0.398. The number of amides is 1. The van der Waals surface area contributed by atoms with Gasteiger partial charge in [-0.1, -0.05) is 25.0 Å². The van der Waals surface area contributed by atoms with Crippen molar-refractivity contribution in [2.24, 2.45) is 11.7 Å². The van der Waals surface area contributed by atoms with Crippen molar-refractivity contribution in [1.29, 1.82) is 0 Å². The van der Waals surface area contributed by atoms with Gasteiger partial charge in [-0.2, -0.15) is 5.10 Å². The van der Waals surface area contributed by atoms with Gasteiger partial charge < -0.3 is 11.1 Å². The fraction of sp³-hybridized carbons (Fsp3) is 0.471. The molecule has 1 aliphatic carbocycles.